The van der Waals surface area contributed by atoms with Crippen LogP contribution in [0.2, 0.25) is 0 Å². The quantitative estimate of drug-likeness (QED) is 0.352. The fraction of sp³-hybridized carbons (Fsp3) is 0.0714. The van der Waals surface area contributed by atoms with Gasteiger partial charge in [-0.1, -0.05) is 121 Å². The molecule has 4 rings (SSSR count). The summed E-state index contributed by atoms with van der Waals surface area (Å²) < 4.78 is 0. The standard InChI is InChI=1S/C14H12O3.C12H10.C2H4O3/c15-13(16)14(17,11-7-3-1-4-8-11)12-9-5-2-6-10-12;1-3-7-11(8-4-1)12-9-5-2-6-10-12;3-1-2(4)5/h1-10,17H,(H,15,16);1-10H;3H,1H2,(H,4,5). The van der Waals surface area contributed by atoms with E-state index in [1.54, 1.807) is 60.7 Å². The molecule has 0 saturated carbocycles. The first-order valence-corrected chi connectivity index (χ1v) is 10.4. The molecule has 0 amide bonds. The van der Waals surface area contributed by atoms with Crippen molar-refractivity contribution >= 4 is 11.9 Å². The zero-order chi connectivity index (χ0) is 24.8. The van der Waals surface area contributed by atoms with E-state index in [1.807, 2.05) is 12.1 Å². The fourth-order valence-corrected chi connectivity index (χ4v) is 3.03. The highest BCUT2D eigenvalue weighted by Gasteiger charge is 2.39. The van der Waals surface area contributed by atoms with Crippen LogP contribution in [0.15, 0.2) is 121 Å². The molecule has 0 atom stereocenters. The normalized spacial score (nSPS) is 10.1. The molecular weight excluding hydrogens is 432 g/mol. The molecule has 6 heteroatoms. The SMILES string of the molecule is O=C(O)C(O)(c1ccccc1)c1ccccc1.O=C(O)CO.c1ccc(-c2ccccc2)cc1. The number of carboxylic acids is 2. The molecule has 0 heterocycles. The average Bonchev–Trinajstić information content (AvgIpc) is 2.91. The molecule has 0 radical (unpaired) electrons. The van der Waals surface area contributed by atoms with Crippen LogP contribution in [0.3, 0.4) is 0 Å². The first kappa shape index (κ1) is 26.0. The largest absolute Gasteiger partial charge is 0.480 e. The Morgan fingerprint density at radius 1 is 0.559 bits per heavy atom. The summed E-state index contributed by atoms with van der Waals surface area (Å²) in [5.74, 6) is -2.47. The lowest BCUT2D eigenvalue weighted by Gasteiger charge is -2.24. The Hall–Kier alpha value is -4.26. The second-order valence-corrected chi connectivity index (χ2v) is 7.03. The van der Waals surface area contributed by atoms with Crippen LogP contribution >= 0.6 is 0 Å². The van der Waals surface area contributed by atoms with Gasteiger partial charge in [-0.2, -0.15) is 0 Å². The van der Waals surface area contributed by atoms with E-state index in [0.29, 0.717) is 11.1 Å². The van der Waals surface area contributed by atoms with E-state index < -0.39 is 24.1 Å². The van der Waals surface area contributed by atoms with Crippen molar-refractivity contribution in [3.05, 3.63) is 132 Å². The van der Waals surface area contributed by atoms with Gasteiger partial charge in [-0.3, -0.25) is 0 Å². The molecule has 0 aliphatic carbocycles. The van der Waals surface area contributed by atoms with Crippen LogP contribution in [0.5, 0.6) is 0 Å². The lowest BCUT2D eigenvalue weighted by Crippen LogP contribution is -2.36. The number of carbonyl (C=O) groups is 2. The van der Waals surface area contributed by atoms with Crippen LogP contribution < -0.4 is 0 Å². The van der Waals surface area contributed by atoms with Gasteiger partial charge in [0, 0.05) is 0 Å². The molecule has 4 aromatic rings. The average molecular weight is 459 g/mol. The van der Waals surface area contributed by atoms with Crippen molar-refractivity contribution in [2.24, 2.45) is 0 Å². The summed E-state index contributed by atoms with van der Waals surface area (Å²) in [4.78, 5) is 20.5. The highest BCUT2D eigenvalue weighted by atomic mass is 16.4. The van der Waals surface area contributed by atoms with Gasteiger partial charge in [-0.25, -0.2) is 9.59 Å². The molecule has 0 saturated heterocycles. The Bertz CT molecular complexity index is 1050. The number of aliphatic hydroxyl groups excluding tert-OH is 1. The first-order valence-electron chi connectivity index (χ1n) is 10.4. The van der Waals surface area contributed by atoms with Gasteiger partial charge in [0.05, 0.1) is 0 Å². The van der Waals surface area contributed by atoms with Gasteiger partial charge in [-0.05, 0) is 22.3 Å². The Morgan fingerprint density at radius 3 is 1.06 bits per heavy atom. The minimum absolute atomic E-state index is 0.346. The fourth-order valence-electron chi connectivity index (χ4n) is 3.03. The summed E-state index contributed by atoms with van der Waals surface area (Å²) in [5, 5.41) is 34.7. The molecular formula is C28H26O6. The third-order valence-corrected chi connectivity index (χ3v) is 4.71. The summed E-state index contributed by atoms with van der Waals surface area (Å²) in [6.07, 6.45) is 0. The van der Waals surface area contributed by atoms with E-state index >= 15 is 0 Å². The zero-order valence-electron chi connectivity index (χ0n) is 18.4. The molecule has 0 unspecified atom stereocenters. The third-order valence-electron chi connectivity index (χ3n) is 4.71. The Labute approximate surface area is 198 Å². The molecule has 0 aliphatic heterocycles. The number of aliphatic carboxylic acids is 2. The molecule has 0 fully saturated rings. The van der Waals surface area contributed by atoms with Crippen LogP contribution in [0.4, 0.5) is 0 Å². The monoisotopic (exact) mass is 458 g/mol. The molecule has 6 nitrogen and oxygen atoms in total. The molecule has 0 bridgehead atoms. The smallest absolute Gasteiger partial charge is 0.345 e. The molecule has 0 aliphatic rings. The number of aliphatic hydroxyl groups is 2. The predicted molar refractivity (Wildman–Crippen MR) is 130 cm³/mol. The van der Waals surface area contributed by atoms with Gasteiger partial charge in [0.1, 0.15) is 6.61 Å². The van der Waals surface area contributed by atoms with Crippen molar-refractivity contribution in [3.8, 4) is 11.1 Å². The number of carboxylic acid groups (broad SMARTS) is 2. The summed E-state index contributed by atoms with van der Waals surface area (Å²) in [6.45, 7) is -0.778. The highest BCUT2D eigenvalue weighted by molar-refractivity contribution is 5.83. The Morgan fingerprint density at radius 2 is 0.824 bits per heavy atom. The summed E-state index contributed by atoms with van der Waals surface area (Å²) in [5.41, 5.74) is 1.25. The molecule has 0 spiro atoms. The van der Waals surface area contributed by atoms with Crippen LogP contribution in [-0.2, 0) is 15.2 Å². The lowest BCUT2D eigenvalue weighted by molar-refractivity contribution is -0.155. The van der Waals surface area contributed by atoms with E-state index in [9.17, 15) is 15.0 Å². The van der Waals surface area contributed by atoms with Gasteiger partial charge >= 0.3 is 11.9 Å². The van der Waals surface area contributed by atoms with Gasteiger partial charge in [0.25, 0.3) is 0 Å². The number of hydrogen-bond donors (Lipinski definition) is 4. The van der Waals surface area contributed by atoms with Crippen LogP contribution in [-0.4, -0.2) is 39.0 Å². The first-order chi connectivity index (χ1) is 16.4. The molecule has 0 aromatic heterocycles. The van der Waals surface area contributed by atoms with Gasteiger partial charge < -0.3 is 20.4 Å². The zero-order valence-corrected chi connectivity index (χ0v) is 18.4. The van der Waals surface area contributed by atoms with E-state index in [0.717, 1.165) is 0 Å². The summed E-state index contributed by atoms with van der Waals surface area (Å²) in [6, 6.07) is 37.5. The summed E-state index contributed by atoms with van der Waals surface area (Å²) in [7, 11) is 0. The molecule has 4 aromatic carbocycles. The van der Waals surface area contributed by atoms with Crippen LogP contribution in [0, 0.1) is 0 Å². The topological polar surface area (TPSA) is 115 Å². The van der Waals surface area contributed by atoms with Gasteiger partial charge in [0.15, 0.2) is 0 Å². The maximum Gasteiger partial charge on any atom is 0.345 e. The maximum atomic E-state index is 11.4. The molecule has 34 heavy (non-hydrogen) atoms. The minimum Gasteiger partial charge on any atom is -0.480 e. The summed E-state index contributed by atoms with van der Waals surface area (Å²) >= 11 is 0. The highest BCUT2D eigenvalue weighted by Crippen LogP contribution is 2.29. The van der Waals surface area contributed by atoms with Crippen molar-refractivity contribution in [3.63, 3.8) is 0 Å². The Kier molecular flexibility index (Phi) is 10.2. The lowest BCUT2D eigenvalue weighted by atomic mass is 9.86. The van der Waals surface area contributed by atoms with Gasteiger partial charge in [0.2, 0.25) is 5.60 Å². The van der Waals surface area contributed by atoms with Crippen molar-refractivity contribution in [2.45, 2.75) is 5.60 Å². The number of hydrogen-bond acceptors (Lipinski definition) is 4. The van der Waals surface area contributed by atoms with E-state index in [2.05, 4.69) is 48.5 Å². The second-order valence-electron chi connectivity index (χ2n) is 7.03. The maximum absolute atomic E-state index is 11.4. The molecule has 174 valence electrons. The van der Waals surface area contributed by atoms with Crippen molar-refractivity contribution in [1.29, 1.82) is 0 Å². The van der Waals surface area contributed by atoms with E-state index in [-0.39, 0.29) is 0 Å². The van der Waals surface area contributed by atoms with E-state index in [4.69, 9.17) is 15.0 Å². The minimum atomic E-state index is -2.00. The third kappa shape index (κ3) is 7.41. The van der Waals surface area contributed by atoms with Crippen LogP contribution in [0.25, 0.3) is 11.1 Å². The van der Waals surface area contributed by atoms with Crippen LogP contribution in [0.1, 0.15) is 11.1 Å². The van der Waals surface area contributed by atoms with Gasteiger partial charge in [-0.15, -0.1) is 0 Å². The van der Waals surface area contributed by atoms with Crippen molar-refractivity contribution in [1.82, 2.24) is 0 Å². The van der Waals surface area contributed by atoms with E-state index in [1.165, 1.54) is 11.1 Å². The predicted octanol–water partition coefficient (Wildman–Crippen LogP) is 4.42. The van der Waals surface area contributed by atoms with Crippen molar-refractivity contribution < 1.29 is 30.0 Å². The van der Waals surface area contributed by atoms with Crippen molar-refractivity contribution in [2.75, 3.05) is 6.61 Å². The second kappa shape index (κ2) is 13.3. The number of benzene rings is 4. The Balaban J connectivity index is 0.000000209. The molecule has 4 N–H and O–H groups in total. The number of rotatable bonds is 5.